The van der Waals surface area contributed by atoms with Gasteiger partial charge in [-0.1, -0.05) is 12.1 Å². The topological polar surface area (TPSA) is 58.2 Å². The molecule has 19 heavy (non-hydrogen) atoms. The number of hydrogen-bond acceptors (Lipinski definition) is 2. The minimum atomic E-state index is -1.23. The predicted octanol–water partition coefficient (Wildman–Crippen LogP) is 2.07. The number of hydrogen-bond donors (Lipinski definition) is 2. The van der Waals surface area contributed by atoms with Crippen molar-refractivity contribution in [2.24, 2.45) is 5.41 Å². The zero-order valence-electron chi connectivity index (χ0n) is 11.0. The van der Waals surface area contributed by atoms with E-state index in [0.717, 1.165) is 12.8 Å². The summed E-state index contributed by atoms with van der Waals surface area (Å²) >= 11 is 0. The van der Waals surface area contributed by atoms with E-state index in [4.69, 9.17) is 0 Å². The van der Waals surface area contributed by atoms with E-state index in [2.05, 4.69) is 10.6 Å². The molecule has 1 aromatic carbocycles. The fourth-order valence-corrected chi connectivity index (χ4v) is 1.54. The SMILES string of the molecule is CC(C)(C(=O)Nc1ccccc1F)C(=O)NC1CC1. The first-order chi connectivity index (χ1) is 8.91. The van der Waals surface area contributed by atoms with Crippen LogP contribution >= 0.6 is 0 Å². The molecule has 0 aromatic heterocycles. The second kappa shape index (κ2) is 4.99. The molecule has 1 saturated carbocycles. The molecule has 0 unspecified atom stereocenters. The van der Waals surface area contributed by atoms with Crippen molar-refractivity contribution >= 4 is 17.5 Å². The maximum absolute atomic E-state index is 13.4. The Morgan fingerprint density at radius 3 is 2.42 bits per heavy atom. The molecule has 1 aliphatic carbocycles. The van der Waals surface area contributed by atoms with E-state index < -0.39 is 17.1 Å². The van der Waals surface area contributed by atoms with Gasteiger partial charge in [0.1, 0.15) is 11.2 Å². The largest absolute Gasteiger partial charge is 0.352 e. The van der Waals surface area contributed by atoms with Gasteiger partial charge in [0, 0.05) is 6.04 Å². The van der Waals surface area contributed by atoms with E-state index in [1.807, 2.05) is 0 Å². The fourth-order valence-electron chi connectivity index (χ4n) is 1.54. The van der Waals surface area contributed by atoms with Crippen molar-refractivity contribution in [2.75, 3.05) is 5.32 Å². The van der Waals surface area contributed by atoms with E-state index in [1.165, 1.54) is 32.0 Å². The lowest BCUT2D eigenvalue weighted by atomic mass is 9.91. The third kappa shape index (κ3) is 3.10. The fraction of sp³-hybridized carbons (Fsp3) is 0.429. The summed E-state index contributed by atoms with van der Waals surface area (Å²) in [6.07, 6.45) is 1.91. The van der Waals surface area contributed by atoms with E-state index in [0.29, 0.717) is 0 Å². The van der Waals surface area contributed by atoms with E-state index in [9.17, 15) is 14.0 Å². The maximum Gasteiger partial charge on any atom is 0.239 e. The Morgan fingerprint density at radius 2 is 1.84 bits per heavy atom. The molecule has 0 atom stereocenters. The Morgan fingerprint density at radius 1 is 1.21 bits per heavy atom. The van der Waals surface area contributed by atoms with Crippen molar-refractivity contribution in [3.63, 3.8) is 0 Å². The highest BCUT2D eigenvalue weighted by molar-refractivity contribution is 6.10. The molecular formula is C14H17FN2O2. The van der Waals surface area contributed by atoms with Gasteiger partial charge in [-0.25, -0.2) is 4.39 Å². The first kappa shape index (κ1) is 13.5. The van der Waals surface area contributed by atoms with Gasteiger partial charge in [0.05, 0.1) is 5.69 Å². The molecule has 1 fully saturated rings. The van der Waals surface area contributed by atoms with Crippen molar-refractivity contribution in [3.8, 4) is 0 Å². The highest BCUT2D eigenvalue weighted by Gasteiger charge is 2.38. The van der Waals surface area contributed by atoms with Gasteiger partial charge in [-0.15, -0.1) is 0 Å². The van der Waals surface area contributed by atoms with Gasteiger partial charge in [-0.05, 0) is 38.8 Å². The summed E-state index contributed by atoms with van der Waals surface area (Å²) < 4.78 is 13.4. The zero-order valence-corrected chi connectivity index (χ0v) is 11.0. The number of anilines is 1. The molecule has 2 rings (SSSR count). The van der Waals surface area contributed by atoms with E-state index >= 15 is 0 Å². The zero-order chi connectivity index (χ0) is 14.0. The van der Waals surface area contributed by atoms with Gasteiger partial charge in [-0.2, -0.15) is 0 Å². The quantitative estimate of drug-likeness (QED) is 0.818. The van der Waals surface area contributed by atoms with Gasteiger partial charge >= 0.3 is 0 Å². The number of rotatable bonds is 4. The maximum atomic E-state index is 13.4. The molecule has 0 aliphatic heterocycles. The summed E-state index contributed by atoms with van der Waals surface area (Å²) in [4.78, 5) is 24.1. The van der Waals surface area contributed by atoms with E-state index in [-0.39, 0.29) is 17.6 Å². The Balaban J connectivity index is 2.05. The highest BCUT2D eigenvalue weighted by Crippen LogP contribution is 2.24. The molecule has 0 radical (unpaired) electrons. The standard InChI is InChI=1S/C14H17FN2O2/c1-14(2,12(18)16-9-7-8-9)13(19)17-11-6-4-3-5-10(11)15/h3-6,9H,7-8H2,1-2H3,(H,16,18)(H,17,19). The third-order valence-electron chi connectivity index (χ3n) is 3.17. The Labute approximate surface area is 111 Å². The van der Waals surface area contributed by atoms with Crippen molar-refractivity contribution in [1.29, 1.82) is 0 Å². The molecule has 1 aromatic rings. The monoisotopic (exact) mass is 264 g/mol. The predicted molar refractivity (Wildman–Crippen MR) is 70.0 cm³/mol. The summed E-state index contributed by atoms with van der Waals surface area (Å²) in [6, 6.07) is 6.06. The van der Waals surface area contributed by atoms with Gasteiger partial charge < -0.3 is 10.6 Å². The summed E-state index contributed by atoms with van der Waals surface area (Å²) in [5, 5.41) is 5.23. The van der Waals surface area contributed by atoms with Crippen LogP contribution in [0.5, 0.6) is 0 Å². The summed E-state index contributed by atoms with van der Waals surface area (Å²) in [6.45, 7) is 3.06. The van der Waals surface area contributed by atoms with Crippen molar-refractivity contribution in [2.45, 2.75) is 32.7 Å². The Bertz CT molecular complexity index is 510. The smallest absolute Gasteiger partial charge is 0.239 e. The average Bonchev–Trinajstić information content (AvgIpc) is 3.15. The van der Waals surface area contributed by atoms with Gasteiger partial charge in [0.15, 0.2) is 0 Å². The molecule has 1 aliphatic rings. The van der Waals surface area contributed by atoms with Crippen LogP contribution in [0.3, 0.4) is 0 Å². The van der Waals surface area contributed by atoms with Crippen LogP contribution in [0.4, 0.5) is 10.1 Å². The van der Waals surface area contributed by atoms with Crippen LogP contribution in [-0.2, 0) is 9.59 Å². The Kier molecular flexibility index (Phi) is 3.55. The number of amides is 2. The lowest BCUT2D eigenvalue weighted by Crippen LogP contribution is -2.45. The third-order valence-corrected chi connectivity index (χ3v) is 3.17. The molecule has 0 saturated heterocycles. The second-order valence-electron chi connectivity index (χ2n) is 5.31. The molecule has 0 spiro atoms. The van der Waals surface area contributed by atoms with Gasteiger partial charge in [0.2, 0.25) is 11.8 Å². The van der Waals surface area contributed by atoms with Gasteiger partial charge in [-0.3, -0.25) is 9.59 Å². The molecular weight excluding hydrogens is 247 g/mol. The molecule has 5 heteroatoms. The first-order valence-corrected chi connectivity index (χ1v) is 6.28. The number of nitrogens with one attached hydrogen (secondary N) is 2. The summed E-state index contributed by atoms with van der Waals surface area (Å²) in [5.41, 5.74) is -1.15. The molecule has 0 heterocycles. The first-order valence-electron chi connectivity index (χ1n) is 6.28. The molecule has 2 N–H and O–H groups in total. The van der Waals surface area contributed by atoms with Crippen LogP contribution in [0.15, 0.2) is 24.3 Å². The van der Waals surface area contributed by atoms with Crippen molar-refractivity contribution < 1.29 is 14.0 Å². The lowest BCUT2D eigenvalue weighted by Gasteiger charge is -2.22. The van der Waals surface area contributed by atoms with Crippen LogP contribution in [0.1, 0.15) is 26.7 Å². The normalized spacial score (nSPS) is 14.9. The lowest BCUT2D eigenvalue weighted by molar-refractivity contribution is -0.138. The Hall–Kier alpha value is -1.91. The highest BCUT2D eigenvalue weighted by atomic mass is 19.1. The number of benzene rings is 1. The van der Waals surface area contributed by atoms with Crippen molar-refractivity contribution in [1.82, 2.24) is 5.32 Å². The molecule has 102 valence electrons. The van der Waals surface area contributed by atoms with Gasteiger partial charge in [0.25, 0.3) is 0 Å². The molecule has 2 amide bonds. The second-order valence-corrected chi connectivity index (χ2v) is 5.31. The number of carbonyl (C=O) groups excluding carboxylic acids is 2. The minimum absolute atomic E-state index is 0.0831. The van der Waals surface area contributed by atoms with E-state index in [1.54, 1.807) is 6.07 Å². The van der Waals surface area contributed by atoms with Crippen molar-refractivity contribution in [3.05, 3.63) is 30.1 Å². The number of carbonyl (C=O) groups is 2. The average molecular weight is 264 g/mol. The minimum Gasteiger partial charge on any atom is -0.352 e. The van der Waals surface area contributed by atoms with Crippen LogP contribution in [0.25, 0.3) is 0 Å². The van der Waals surface area contributed by atoms with Crippen LogP contribution < -0.4 is 10.6 Å². The number of halogens is 1. The summed E-state index contributed by atoms with van der Waals surface area (Å²) in [5.74, 6) is -1.37. The molecule has 0 bridgehead atoms. The van der Waals surface area contributed by atoms with Crippen LogP contribution in [0, 0.1) is 11.2 Å². The van der Waals surface area contributed by atoms with Crippen LogP contribution in [0.2, 0.25) is 0 Å². The summed E-state index contributed by atoms with van der Waals surface area (Å²) in [7, 11) is 0. The molecule has 4 nitrogen and oxygen atoms in total. The van der Waals surface area contributed by atoms with Crippen LogP contribution in [-0.4, -0.2) is 17.9 Å². The number of para-hydroxylation sites is 1.